The van der Waals surface area contributed by atoms with Gasteiger partial charge in [0.1, 0.15) is 11.5 Å². The molecule has 0 aliphatic rings. The van der Waals surface area contributed by atoms with Crippen molar-refractivity contribution in [2.45, 2.75) is 32.9 Å². The number of amides is 1. The van der Waals surface area contributed by atoms with Crippen molar-refractivity contribution >= 4 is 23.2 Å². The minimum absolute atomic E-state index is 0.146. The van der Waals surface area contributed by atoms with Crippen LogP contribution in [0.5, 0.6) is 11.5 Å². The normalized spacial score (nSPS) is 10.3. The predicted molar refractivity (Wildman–Crippen MR) is 106 cm³/mol. The Balaban J connectivity index is 1.76. The zero-order chi connectivity index (χ0) is 18.9. The lowest BCUT2D eigenvalue weighted by Crippen LogP contribution is -2.39. The number of benzene rings is 2. The maximum atomic E-state index is 12.0. The van der Waals surface area contributed by atoms with Crippen molar-refractivity contribution in [3.63, 3.8) is 0 Å². The minimum atomic E-state index is -0.159. The Hall–Kier alpha value is -2.60. The molecule has 0 heterocycles. The van der Waals surface area contributed by atoms with E-state index in [-0.39, 0.29) is 18.4 Å². The maximum absolute atomic E-state index is 12.0. The van der Waals surface area contributed by atoms with Gasteiger partial charge in [0.05, 0.1) is 19.6 Å². The molecule has 0 bridgehead atoms. The van der Waals surface area contributed by atoms with Gasteiger partial charge in [-0.1, -0.05) is 24.3 Å². The number of thiocarbonyl (C=S) groups is 1. The molecule has 0 aliphatic heterocycles. The van der Waals surface area contributed by atoms with Gasteiger partial charge in [0.2, 0.25) is 5.91 Å². The largest absolute Gasteiger partial charge is 0.497 e. The predicted octanol–water partition coefficient (Wildman–Crippen LogP) is 3.22. The molecule has 26 heavy (non-hydrogen) atoms. The van der Waals surface area contributed by atoms with E-state index in [2.05, 4.69) is 10.6 Å². The van der Waals surface area contributed by atoms with Crippen molar-refractivity contribution in [1.82, 2.24) is 10.6 Å². The van der Waals surface area contributed by atoms with Gasteiger partial charge in [0.25, 0.3) is 0 Å². The van der Waals surface area contributed by atoms with Gasteiger partial charge in [0.15, 0.2) is 5.11 Å². The summed E-state index contributed by atoms with van der Waals surface area (Å²) in [6.07, 6.45) is 0.403. The second kappa shape index (κ2) is 9.77. The van der Waals surface area contributed by atoms with Crippen LogP contribution in [0.1, 0.15) is 25.0 Å². The van der Waals surface area contributed by atoms with Crippen LogP contribution in [0, 0.1) is 0 Å². The first kappa shape index (κ1) is 19.7. The first-order valence-electron chi connectivity index (χ1n) is 8.42. The van der Waals surface area contributed by atoms with Crippen molar-refractivity contribution in [3.8, 4) is 11.5 Å². The summed E-state index contributed by atoms with van der Waals surface area (Å²) in [6, 6.07) is 15.1. The van der Waals surface area contributed by atoms with E-state index in [1.54, 1.807) is 7.11 Å². The molecular formula is C20H24N2O3S. The van der Waals surface area contributed by atoms with Crippen LogP contribution in [-0.2, 0) is 17.8 Å². The second-order valence-corrected chi connectivity index (χ2v) is 6.47. The van der Waals surface area contributed by atoms with Crippen LogP contribution in [0.3, 0.4) is 0 Å². The fourth-order valence-corrected chi connectivity index (χ4v) is 2.47. The Morgan fingerprint density at radius 3 is 2.15 bits per heavy atom. The van der Waals surface area contributed by atoms with Crippen LogP contribution in [0.2, 0.25) is 0 Å². The van der Waals surface area contributed by atoms with Gasteiger partial charge < -0.3 is 20.1 Å². The fraction of sp³-hybridized carbons (Fsp3) is 0.300. The van der Waals surface area contributed by atoms with Crippen LogP contribution < -0.4 is 20.1 Å². The Bertz CT molecular complexity index is 728. The maximum Gasteiger partial charge on any atom is 0.230 e. The molecule has 0 unspecified atom stereocenters. The lowest BCUT2D eigenvalue weighted by molar-refractivity contribution is -0.119. The van der Waals surface area contributed by atoms with E-state index >= 15 is 0 Å². The molecule has 0 fully saturated rings. The third-order valence-corrected chi connectivity index (χ3v) is 3.77. The Labute approximate surface area is 159 Å². The molecule has 0 saturated carbocycles. The first-order valence-corrected chi connectivity index (χ1v) is 8.83. The van der Waals surface area contributed by atoms with Gasteiger partial charge in [-0.05, 0) is 61.5 Å². The second-order valence-electron chi connectivity index (χ2n) is 6.07. The number of hydrogen-bond donors (Lipinski definition) is 2. The molecule has 2 rings (SSSR count). The summed E-state index contributed by atoms with van der Waals surface area (Å²) in [5.41, 5.74) is 1.94. The third-order valence-electron chi connectivity index (χ3n) is 3.52. The fourth-order valence-electron chi connectivity index (χ4n) is 2.28. The highest BCUT2D eigenvalue weighted by Gasteiger charge is 2.06. The highest BCUT2D eigenvalue weighted by atomic mass is 32.1. The number of hydrogen-bond acceptors (Lipinski definition) is 4. The van der Waals surface area contributed by atoms with Gasteiger partial charge in [-0.25, -0.2) is 0 Å². The monoisotopic (exact) mass is 372 g/mol. The summed E-state index contributed by atoms with van der Waals surface area (Å²) < 4.78 is 10.7. The number of carbonyl (C=O) groups excluding carboxylic acids is 1. The van der Waals surface area contributed by atoms with Gasteiger partial charge in [0, 0.05) is 6.54 Å². The molecule has 0 spiro atoms. The number of methoxy groups -OCH3 is 1. The topological polar surface area (TPSA) is 59.6 Å². The molecule has 6 heteroatoms. The van der Waals surface area contributed by atoms with Crippen molar-refractivity contribution in [3.05, 3.63) is 59.7 Å². The lowest BCUT2D eigenvalue weighted by atomic mass is 10.1. The van der Waals surface area contributed by atoms with Crippen LogP contribution in [-0.4, -0.2) is 24.2 Å². The quantitative estimate of drug-likeness (QED) is 0.731. The molecule has 138 valence electrons. The first-order chi connectivity index (χ1) is 12.5. The summed E-state index contributed by atoms with van der Waals surface area (Å²) in [5, 5.41) is 6.03. The van der Waals surface area contributed by atoms with Crippen molar-refractivity contribution in [2.75, 3.05) is 7.11 Å². The number of rotatable bonds is 7. The smallest absolute Gasteiger partial charge is 0.230 e. The molecular weight excluding hydrogens is 348 g/mol. The Morgan fingerprint density at radius 2 is 1.58 bits per heavy atom. The molecule has 2 aromatic carbocycles. The van der Waals surface area contributed by atoms with E-state index in [0.717, 1.165) is 22.6 Å². The molecule has 5 nitrogen and oxygen atoms in total. The summed E-state index contributed by atoms with van der Waals surface area (Å²) in [7, 11) is 1.61. The zero-order valence-electron chi connectivity index (χ0n) is 15.2. The summed E-state index contributed by atoms with van der Waals surface area (Å²) >= 11 is 5.18. The van der Waals surface area contributed by atoms with E-state index in [0.29, 0.717) is 11.7 Å². The molecule has 0 aliphatic carbocycles. The van der Waals surface area contributed by atoms with Gasteiger partial charge in [-0.2, -0.15) is 0 Å². The van der Waals surface area contributed by atoms with Crippen LogP contribution in [0.4, 0.5) is 0 Å². The van der Waals surface area contributed by atoms with Gasteiger partial charge >= 0.3 is 0 Å². The molecule has 2 N–H and O–H groups in total. The average Bonchev–Trinajstić information content (AvgIpc) is 2.61. The van der Waals surface area contributed by atoms with Crippen LogP contribution in [0.25, 0.3) is 0 Å². The Kier molecular flexibility index (Phi) is 7.41. The van der Waals surface area contributed by atoms with E-state index < -0.39 is 0 Å². The van der Waals surface area contributed by atoms with E-state index in [1.165, 1.54) is 0 Å². The van der Waals surface area contributed by atoms with Crippen LogP contribution >= 0.6 is 12.2 Å². The molecule has 2 aromatic rings. The van der Waals surface area contributed by atoms with E-state index in [1.807, 2.05) is 62.4 Å². The standard InChI is InChI=1S/C20H24N2O3S/c1-14(2)25-18-10-6-16(7-11-18)13-21-20(26)22-19(23)12-15-4-8-17(24-3)9-5-15/h4-11,14H,12-13H2,1-3H3,(H2,21,22,23,26). The Morgan fingerprint density at radius 1 is 1.00 bits per heavy atom. The average molecular weight is 372 g/mol. The highest BCUT2D eigenvalue weighted by Crippen LogP contribution is 2.14. The van der Waals surface area contributed by atoms with Crippen molar-refractivity contribution in [2.24, 2.45) is 0 Å². The van der Waals surface area contributed by atoms with Gasteiger partial charge in [-0.3, -0.25) is 4.79 Å². The minimum Gasteiger partial charge on any atom is -0.497 e. The summed E-state index contributed by atoms with van der Waals surface area (Å²) in [5.74, 6) is 1.43. The molecule has 1 amide bonds. The molecule has 0 radical (unpaired) electrons. The summed E-state index contributed by atoms with van der Waals surface area (Å²) in [6.45, 7) is 4.51. The SMILES string of the molecule is COc1ccc(CC(=O)NC(=S)NCc2ccc(OC(C)C)cc2)cc1. The van der Waals surface area contributed by atoms with E-state index in [4.69, 9.17) is 21.7 Å². The van der Waals surface area contributed by atoms with Gasteiger partial charge in [-0.15, -0.1) is 0 Å². The molecule has 0 saturated heterocycles. The van der Waals surface area contributed by atoms with Crippen LogP contribution in [0.15, 0.2) is 48.5 Å². The van der Waals surface area contributed by atoms with E-state index in [9.17, 15) is 4.79 Å². The lowest BCUT2D eigenvalue weighted by Gasteiger charge is -2.12. The molecule has 0 aromatic heterocycles. The molecule has 0 atom stereocenters. The number of carbonyl (C=O) groups is 1. The number of nitrogens with one attached hydrogen (secondary N) is 2. The third kappa shape index (κ3) is 6.72. The highest BCUT2D eigenvalue weighted by molar-refractivity contribution is 7.80. The zero-order valence-corrected chi connectivity index (χ0v) is 16.1. The van der Waals surface area contributed by atoms with Crippen molar-refractivity contribution in [1.29, 1.82) is 0 Å². The number of ether oxygens (including phenoxy) is 2. The summed E-state index contributed by atoms with van der Waals surface area (Å²) in [4.78, 5) is 12.0. The van der Waals surface area contributed by atoms with Crippen molar-refractivity contribution < 1.29 is 14.3 Å².